The van der Waals surface area contributed by atoms with Gasteiger partial charge in [-0.3, -0.25) is 4.79 Å². The van der Waals surface area contributed by atoms with Gasteiger partial charge >= 0.3 is 0 Å². The molecule has 0 aliphatic heterocycles. The molecule has 0 aliphatic rings. The standard InChI is InChI=1S/C19H19NO4/c1-12-19(24-14-7-5-4-6-8-14)18(22)15-10-16(21)13(11-20(2)3)9-17(15)23-12/h4-10,21H,11H2,1-3H3. The molecule has 1 heterocycles. The quantitative estimate of drug-likeness (QED) is 0.793. The minimum atomic E-state index is -0.302. The first kappa shape index (κ1) is 16.1. The molecule has 0 amide bonds. The van der Waals surface area contributed by atoms with Crippen LogP contribution in [-0.4, -0.2) is 24.1 Å². The molecule has 3 aromatic rings. The van der Waals surface area contributed by atoms with Crippen molar-refractivity contribution in [3.63, 3.8) is 0 Å². The normalized spacial score (nSPS) is 11.2. The Morgan fingerprint density at radius 3 is 2.54 bits per heavy atom. The molecule has 3 rings (SSSR count). The molecule has 0 spiro atoms. The van der Waals surface area contributed by atoms with E-state index < -0.39 is 0 Å². The highest BCUT2D eigenvalue weighted by molar-refractivity contribution is 5.81. The molecule has 5 heteroatoms. The van der Waals surface area contributed by atoms with Gasteiger partial charge in [-0.1, -0.05) is 18.2 Å². The molecular formula is C19H19NO4. The summed E-state index contributed by atoms with van der Waals surface area (Å²) in [7, 11) is 3.81. The number of ether oxygens (including phenoxy) is 1. The summed E-state index contributed by atoms with van der Waals surface area (Å²) in [6.45, 7) is 2.24. The highest BCUT2D eigenvalue weighted by Gasteiger charge is 2.16. The SMILES string of the molecule is Cc1oc2cc(CN(C)C)c(O)cc2c(=O)c1Oc1ccccc1. The second-order valence-corrected chi connectivity index (χ2v) is 5.95. The van der Waals surface area contributed by atoms with Crippen LogP contribution in [0.1, 0.15) is 11.3 Å². The van der Waals surface area contributed by atoms with Gasteiger partial charge in [0.1, 0.15) is 22.8 Å². The fraction of sp³-hybridized carbons (Fsp3) is 0.211. The minimum absolute atomic E-state index is 0.0676. The zero-order chi connectivity index (χ0) is 17.3. The van der Waals surface area contributed by atoms with Crippen LogP contribution < -0.4 is 10.2 Å². The van der Waals surface area contributed by atoms with Crippen molar-refractivity contribution in [3.05, 3.63) is 64.0 Å². The summed E-state index contributed by atoms with van der Waals surface area (Å²) in [5.41, 5.74) is 0.837. The van der Waals surface area contributed by atoms with Crippen LogP contribution in [0.4, 0.5) is 0 Å². The van der Waals surface area contributed by atoms with Crippen LogP contribution in [-0.2, 0) is 6.54 Å². The lowest BCUT2D eigenvalue weighted by Crippen LogP contribution is -2.12. The van der Waals surface area contributed by atoms with Crippen molar-refractivity contribution in [1.29, 1.82) is 0 Å². The highest BCUT2D eigenvalue weighted by atomic mass is 16.5. The van der Waals surface area contributed by atoms with Gasteiger partial charge in [-0.25, -0.2) is 0 Å². The summed E-state index contributed by atoms with van der Waals surface area (Å²) in [6.07, 6.45) is 0. The molecule has 0 bridgehead atoms. The largest absolute Gasteiger partial charge is 0.508 e. The number of aromatic hydroxyl groups is 1. The van der Waals surface area contributed by atoms with Crippen LogP contribution in [0.5, 0.6) is 17.2 Å². The zero-order valence-electron chi connectivity index (χ0n) is 13.9. The van der Waals surface area contributed by atoms with Crippen LogP contribution >= 0.6 is 0 Å². The minimum Gasteiger partial charge on any atom is -0.508 e. The Bertz CT molecular complexity index is 929. The predicted molar refractivity (Wildman–Crippen MR) is 92.8 cm³/mol. The number of hydrogen-bond acceptors (Lipinski definition) is 5. The Morgan fingerprint density at radius 1 is 1.17 bits per heavy atom. The summed E-state index contributed by atoms with van der Waals surface area (Å²) in [5, 5.41) is 10.5. The lowest BCUT2D eigenvalue weighted by molar-refractivity contribution is 0.385. The number of hydrogen-bond donors (Lipinski definition) is 1. The van der Waals surface area contributed by atoms with Crippen LogP contribution in [0.25, 0.3) is 11.0 Å². The maximum Gasteiger partial charge on any atom is 0.235 e. The van der Waals surface area contributed by atoms with E-state index in [0.717, 1.165) is 0 Å². The molecular weight excluding hydrogens is 306 g/mol. The summed E-state index contributed by atoms with van der Waals surface area (Å²) in [4.78, 5) is 14.7. The monoisotopic (exact) mass is 325 g/mol. The zero-order valence-corrected chi connectivity index (χ0v) is 13.9. The number of phenolic OH excluding ortho intramolecular Hbond substituents is 1. The molecule has 0 aliphatic carbocycles. The summed E-state index contributed by atoms with van der Waals surface area (Å²) in [6, 6.07) is 12.2. The van der Waals surface area contributed by atoms with Gasteiger partial charge < -0.3 is 19.2 Å². The number of para-hydroxylation sites is 1. The van der Waals surface area contributed by atoms with E-state index >= 15 is 0 Å². The van der Waals surface area contributed by atoms with Crippen LogP contribution in [0, 0.1) is 6.92 Å². The molecule has 0 fully saturated rings. The Kier molecular flexibility index (Phi) is 4.27. The molecule has 5 nitrogen and oxygen atoms in total. The number of phenols is 1. The molecule has 0 radical (unpaired) electrons. The van der Waals surface area contributed by atoms with Gasteiger partial charge in [0.25, 0.3) is 0 Å². The fourth-order valence-corrected chi connectivity index (χ4v) is 2.56. The van der Waals surface area contributed by atoms with Crippen molar-refractivity contribution in [2.75, 3.05) is 14.1 Å². The van der Waals surface area contributed by atoms with Crippen molar-refractivity contribution in [2.45, 2.75) is 13.5 Å². The molecule has 0 saturated carbocycles. The lowest BCUT2D eigenvalue weighted by Gasteiger charge is -2.13. The van der Waals surface area contributed by atoms with Gasteiger partial charge in [-0.2, -0.15) is 0 Å². The lowest BCUT2D eigenvalue weighted by atomic mass is 10.1. The Morgan fingerprint density at radius 2 is 1.88 bits per heavy atom. The van der Waals surface area contributed by atoms with E-state index in [1.807, 2.05) is 37.2 Å². The van der Waals surface area contributed by atoms with Gasteiger partial charge in [0.15, 0.2) is 0 Å². The molecule has 0 saturated heterocycles. The summed E-state index contributed by atoms with van der Waals surface area (Å²) in [5.74, 6) is 1.16. The smallest absolute Gasteiger partial charge is 0.235 e. The van der Waals surface area contributed by atoms with E-state index in [4.69, 9.17) is 9.15 Å². The first-order valence-electron chi connectivity index (χ1n) is 7.62. The van der Waals surface area contributed by atoms with E-state index in [-0.39, 0.29) is 16.9 Å². The Labute approximate surface area is 139 Å². The summed E-state index contributed by atoms with van der Waals surface area (Å²) < 4.78 is 11.5. The summed E-state index contributed by atoms with van der Waals surface area (Å²) >= 11 is 0. The van der Waals surface area contributed by atoms with Crippen molar-refractivity contribution < 1.29 is 14.3 Å². The maximum absolute atomic E-state index is 12.7. The molecule has 124 valence electrons. The third-order valence-corrected chi connectivity index (χ3v) is 3.66. The van der Waals surface area contributed by atoms with Crippen molar-refractivity contribution in [1.82, 2.24) is 4.90 Å². The second-order valence-electron chi connectivity index (χ2n) is 5.95. The van der Waals surface area contributed by atoms with Gasteiger partial charge in [-0.05, 0) is 45.3 Å². The number of aryl methyl sites for hydroxylation is 1. The molecule has 0 atom stereocenters. The topological polar surface area (TPSA) is 62.9 Å². The van der Waals surface area contributed by atoms with E-state index in [9.17, 15) is 9.90 Å². The third-order valence-electron chi connectivity index (χ3n) is 3.66. The molecule has 24 heavy (non-hydrogen) atoms. The fourth-order valence-electron chi connectivity index (χ4n) is 2.56. The number of fused-ring (bicyclic) bond motifs is 1. The number of rotatable bonds is 4. The average molecular weight is 325 g/mol. The molecule has 2 aromatic carbocycles. The van der Waals surface area contributed by atoms with Crippen molar-refractivity contribution in [3.8, 4) is 17.2 Å². The average Bonchev–Trinajstić information content (AvgIpc) is 2.54. The first-order valence-corrected chi connectivity index (χ1v) is 7.62. The van der Waals surface area contributed by atoms with Crippen LogP contribution in [0.3, 0.4) is 0 Å². The van der Waals surface area contributed by atoms with Gasteiger partial charge in [0.05, 0.1) is 5.39 Å². The van der Waals surface area contributed by atoms with Gasteiger partial charge in [0.2, 0.25) is 11.2 Å². The predicted octanol–water partition coefficient (Wildman–Crippen LogP) is 3.66. The molecule has 1 N–H and O–H groups in total. The maximum atomic E-state index is 12.7. The Balaban J connectivity index is 2.12. The molecule has 0 unspecified atom stereocenters. The van der Waals surface area contributed by atoms with Gasteiger partial charge in [-0.15, -0.1) is 0 Å². The number of benzene rings is 2. The third kappa shape index (κ3) is 3.12. The number of nitrogens with zero attached hydrogens (tertiary/aromatic N) is 1. The second kappa shape index (κ2) is 6.37. The van der Waals surface area contributed by atoms with Gasteiger partial charge in [0, 0.05) is 12.1 Å². The Hall–Kier alpha value is -2.79. The van der Waals surface area contributed by atoms with Crippen LogP contribution in [0.2, 0.25) is 0 Å². The van der Waals surface area contributed by atoms with E-state index in [1.54, 1.807) is 25.1 Å². The van der Waals surface area contributed by atoms with Crippen LogP contribution in [0.15, 0.2) is 51.7 Å². The van der Waals surface area contributed by atoms with E-state index in [0.29, 0.717) is 34.6 Å². The van der Waals surface area contributed by atoms with Crippen molar-refractivity contribution in [2.24, 2.45) is 0 Å². The van der Waals surface area contributed by atoms with E-state index in [2.05, 4.69) is 0 Å². The highest BCUT2D eigenvalue weighted by Crippen LogP contribution is 2.29. The van der Waals surface area contributed by atoms with E-state index in [1.165, 1.54) is 6.07 Å². The molecule has 1 aromatic heterocycles. The van der Waals surface area contributed by atoms with Crippen molar-refractivity contribution >= 4 is 11.0 Å². The first-order chi connectivity index (χ1) is 11.5.